The number of nitrogen functional groups attached to an aromatic ring is 1. The van der Waals surface area contributed by atoms with Crippen molar-refractivity contribution in [2.24, 2.45) is 5.73 Å². The van der Waals surface area contributed by atoms with E-state index in [0.29, 0.717) is 16.5 Å². The zero-order valence-corrected chi connectivity index (χ0v) is 9.32. The Bertz CT molecular complexity index is 602. The Kier molecular flexibility index (Phi) is 3.09. The number of primary amides is 1. The van der Waals surface area contributed by atoms with Crippen molar-refractivity contribution in [1.29, 1.82) is 0 Å². The topological polar surface area (TPSA) is 135 Å². The lowest BCUT2D eigenvalue weighted by atomic mass is 10.0. The van der Waals surface area contributed by atoms with Gasteiger partial charge in [-0.05, 0) is 17.7 Å². The molecule has 1 aromatic heterocycles. The molecule has 7 heteroatoms. The van der Waals surface area contributed by atoms with Gasteiger partial charge in [0.15, 0.2) is 6.10 Å². The maximum atomic E-state index is 10.8. The van der Waals surface area contributed by atoms with Crippen LogP contribution in [0, 0.1) is 0 Å². The van der Waals surface area contributed by atoms with Gasteiger partial charge in [-0.1, -0.05) is 6.07 Å². The summed E-state index contributed by atoms with van der Waals surface area (Å²) in [6.45, 7) is 0. The maximum Gasteiger partial charge on any atom is 0.249 e. The van der Waals surface area contributed by atoms with Crippen LogP contribution in [-0.4, -0.2) is 32.2 Å². The summed E-state index contributed by atoms with van der Waals surface area (Å²) in [5.74, 6) is -0.748. The van der Waals surface area contributed by atoms with Gasteiger partial charge >= 0.3 is 0 Å². The highest BCUT2D eigenvalue weighted by Gasteiger charge is 2.23. The van der Waals surface area contributed by atoms with Crippen LogP contribution in [0.3, 0.4) is 0 Å². The lowest BCUT2D eigenvalue weighted by molar-refractivity contribution is -0.131. The van der Waals surface area contributed by atoms with Crippen molar-refractivity contribution in [1.82, 2.24) is 9.97 Å². The highest BCUT2D eigenvalue weighted by molar-refractivity contribution is 5.88. The molecule has 6 N–H and O–H groups in total. The summed E-state index contributed by atoms with van der Waals surface area (Å²) in [6.07, 6.45) is -1.76. The minimum absolute atomic E-state index is 0.252. The standard InChI is InChI=1S/C11H12N4O3/c12-10-6-3-5(8(16)9(17)11(13)18)1-2-7(6)14-4-15-10/h1-4,8-9,16-17H,(H2,13,18)(H2,12,14,15). The fourth-order valence-electron chi connectivity index (χ4n) is 1.62. The molecule has 7 nitrogen and oxygen atoms in total. The Balaban J connectivity index is 2.47. The quantitative estimate of drug-likeness (QED) is 0.555. The number of aromatic nitrogens is 2. The number of carbonyl (C=O) groups is 1. The molecular formula is C11H12N4O3. The van der Waals surface area contributed by atoms with Crippen molar-refractivity contribution in [3.63, 3.8) is 0 Å². The second-order valence-corrected chi connectivity index (χ2v) is 3.83. The second-order valence-electron chi connectivity index (χ2n) is 3.83. The number of fused-ring (bicyclic) bond motifs is 1. The van der Waals surface area contributed by atoms with Crippen LogP contribution >= 0.6 is 0 Å². The van der Waals surface area contributed by atoms with Crippen molar-refractivity contribution in [2.75, 3.05) is 5.73 Å². The number of aliphatic hydroxyl groups is 2. The predicted molar refractivity (Wildman–Crippen MR) is 64.1 cm³/mol. The molecule has 2 rings (SSSR count). The van der Waals surface area contributed by atoms with Crippen LogP contribution in [0.5, 0.6) is 0 Å². The van der Waals surface area contributed by atoms with Gasteiger partial charge in [-0.3, -0.25) is 4.79 Å². The predicted octanol–water partition coefficient (Wildman–Crippen LogP) is -0.908. The smallest absolute Gasteiger partial charge is 0.249 e. The molecule has 0 aliphatic rings. The Morgan fingerprint density at radius 1 is 1.28 bits per heavy atom. The Morgan fingerprint density at radius 2 is 2.00 bits per heavy atom. The first kappa shape index (κ1) is 12.2. The molecule has 2 unspecified atom stereocenters. The molecule has 0 bridgehead atoms. The third-order valence-electron chi connectivity index (χ3n) is 2.62. The van der Waals surface area contributed by atoms with Gasteiger partial charge in [-0.2, -0.15) is 0 Å². The highest BCUT2D eigenvalue weighted by atomic mass is 16.3. The first-order valence-electron chi connectivity index (χ1n) is 5.16. The lowest BCUT2D eigenvalue weighted by Gasteiger charge is -2.15. The van der Waals surface area contributed by atoms with Gasteiger partial charge in [0, 0.05) is 5.39 Å². The van der Waals surface area contributed by atoms with E-state index in [1.807, 2.05) is 0 Å². The molecule has 0 spiro atoms. The van der Waals surface area contributed by atoms with Crippen molar-refractivity contribution in [2.45, 2.75) is 12.2 Å². The molecule has 2 atom stereocenters. The molecule has 2 aromatic rings. The summed E-state index contributed by atoms with van der Waals surface area (Å²) in [4.78, 5) is 18.6. The van der Waals surface area contributed by atoms with Crippen LogP contribution in [0.15, 0.2) is 24.5 Å². The van der Waals surface area contributed by atoms with E-state index in [-0.39, 0.29) is 5.82 Å². The average molecular weight is 248 g/mol. The average Bonchev–Trinajstić information content (AvgIpc) is 2.37. The van der Waals surface area contributed by atoms with Gasteiger partial charge in [0.05, 0.1) is 5.52 Å². The van der Waals surface area contributed by atoms with Crippen LogP contribution in [-0.2, 0) is 4.79 Å². The third-order valence-corrected chi connectivity index (χ3v) is 2.62. The summed E-state index contributed by atoms with van der Waals surface area (Å²) in [5, 5.41) is 19.7. The molecule has 0 aliphatic carbocycles. The van der Waals surface area contributed by atoms with E-state index >= 15 is 0 Å². The first-order chi connectivity index (χ1) is 8.50. The summed E-state index contributed by atoms with van der Waals surface area (Å²) in [7, 11) is 0. The van der Waals surface area contributed by atoms with Crippen LogP contribution in [0.1, 0.15) is 11.7 Å². The number of hydrogen-bond acceptors (Lipinski definition) is 6. The first-order valence-corrected chi connectivity index (χ1v) is 5.16. The Morgan fingerprint density at radius 3 is 2.67 bits per heavy atom. The number of anilines is 1. The molecule has 0 fully saturated rings. The van der Waals surface area contributed by atoms with Gasteiger partial charge in [0.25, 0.3) is 0 Å². The number of aliphatic hydroxyl groups excluding tert-OH is 2. The zero-order chi connectivity index (χ0) is 13.3. The second kappa shape index (κ2) is 4.55. The van der Waals surface area contributed by atoms with E-state index in [4.69, 9.17) is 11.5 Å². The highest BCUT2D eigenvalue weighted by Crippen LogP contribution is 2.23. The Labute approximate surface area is 102 Å². The van der Waals surface area contributed by atoms with Crippen LogP contribution in [0.4, 0.5) is 5.82 Å². The normalized spacial score (nSPS) is 14.3. The molecule has 0 aliphatic heterocycles. The van der Waals surface area contributed by atoms with Crippen LogP contribution in [0.25, 0.3) is 10.9 Å². The summed E-state index contributed by atoms with van der Waals surface area (Å²) in [6, 6.07) is 4.66. The SMILES string of the molecule is NC(=O)C(O)C(O)c1ccc2ncnc(N)c2c1. The van der Waals surface area contributed by atoms with Crippen molar-refractivity contribution >= 4 is 22.6 Å². The number of hydrogen-bond donors (Lipinski definition) is 4. The number of amides is 1. The molecular weight excluding hydrogens is 236 g/mol. The van der Waals surface area contributed by atoms with Crippen LogP contribution in [0.2, 0.25) is 0 Å². The molecule has 18 heavy (non-hydrogen) atoms. The van der Waals surface area contributed by atoms with E-state index in [0.717, 1.165) is 0 Å². The summed E-state index contributed by atoms with van der Waals surface area (Å²) in [5.41, 5.74) is 11.5. The molecule has 1 amide bonds. The van der Waals surface area contributed by atoms with E-state index in [1.165, 1.54) is 18.5 Å². The summed E-state index contributed by atoms with van der Waals surface area (Å²) >= 11 is 0. The Hall–Kier alpha value is -2.25. The molecule has 0 saturated carbocycles. The molecule has 1 heterocycles. The van der Waals surface area contributed by atoms with Gasteiger partial charge in [0.1, 0.15) is 18.2 Å². The molecule has 1 aromatic carbocycles. The largest absolute Gasteiger partial charge is 0.385 e. The van der Waals surface area contributed by atoms with E-state index in [1.54, 1.807) is 6.07 Å². The van der Waals surface area contributed by atoms with Crippen LogP contribution < -0.4 is 11.5 Å². The minimum atomic E-state index is -1.67. The fourth-order valence-corrected chi connectivity index (χ4v) is 1.62. The van der Waals surface area contributed by atoms with Crippen molar-refractivity contribution in [3.8, 4) is 0 Å². The molecule has 0 saturated heterocycles. The molecule has 0 radical (unpaired) electrons. The zero-order valence-electron chi connectivity index (χ0n) is 9.32. The van der Waals surface area contributed by atoms with E-state index in [2.05, 4.69) is 9.97 Å². The molecule has 94 valence electrons. The van der Waals surface area contributed by atoms with Gasteiger partial charge < -0.3 is 21.7 Å². The number of carbonyl (C=O) groups excluding carboxylic acids is 1. The number of rotatable bonds is 3. The monoisotopic (exact) mass is 248 g/mol. The number of nitrogens with zero attached hydrogens (tertiary/aromatic N) is 2. The third kappa shape index (κ3) is 2.08. The number of nitrogens with two attached hydrogens (primary N) is 2. The van der Waals surface area contributed by atoms with Gasteiger partial charge in [-0.25, -0.2) is 9.97 Å². The summed E-state index contributed by atoms with van der Waals surface area (Å²) < 4.78 is 0. The van der Waals surface area contributed by atoms with E-state index in [9.17, 15) is 15.0 Å². The van der Waals surface area contributed by atoms with Gasteiger partial charge in [-0.15, -0.1) is 0 Å². The maximum absolute atomic E-state index is 10.8. The van der Waals surface area contributed by atoms with Crippen molar-refractivity contribution in [3.05, 3.63) is 30.1 Å². The van der Waals surface area contributed by atoms with Crippen molar-refractivity contribution < 1.29 is 15.0 Å². The minimum Gasteiger partial charge on any atom is -0.385 e. The fraction of sp³-hybridized carbons (Fsp3) is 0.182. The number of benzene rings is 1. The van der Waals surface area contributed by atoms with E-state index < -0.39 is 18.1 Å². The lowest BCUT2D eigenvalue weighted by Crippen LogP contribution is -2.33. The van der Waals surface area contributed by atoms with Gasteiger partial charge in [0.2, 0.25) is 5.91 Å².